The maximum absolute atomic E-state index is 14.5. The molecule has 3 heterocycles. The highest BCUT2D eigenvalue weighted by molar-refractivity contribution is 8.00. The summed E-state index contributed by atoms with van der Waals surface area (Å²) in [5, 5.41) is 5.65. The molecule has 1 atom stereocenters. The molecule has 0 radical (unpaired) electrons. The van der Waals surface area contributed by atoms with E-state index < -0.39 is 5.82 Å². The van der Waals surface area contributed by atoms with Gasteiger partial charge in [-0.3, -0.25) is 4.98 Å². The molecule has 1 aliphatic rings. The van der Waals surface area contributed by atoms with Crippen LogP contribution in [-0.4, -0.2) is 29.2 Å². The molecule has 1 aromatic carbocycles. The van der Waals surface area contributed by atoms with Crippen molar-refractivity contribution >= 4 is 46.3 Å². The van der Waals surface area contributed by atoms with Gasteiger partial charge in [0, 0.05) is 23.8 Å². The monoisotopic (exact) mass is 448 g/mol. The first-order valence-corrected chi connectivity index (χ1v) is 11.1. The molecular weight excluding hydrogens is 431 g/mol. The van der Waals surface area contributed by atoms with E-state index in [0.717, 1.165) is 36.1 Å². The lowest BCUT2D eigenvalue weighted by Gasteiger charge is -2.26. The number of anilines is 1. The summed E-state index contributed by atoms with van der Waals surface area (Å²) in [5.74, 6) is 0.594. The minimum Gasteiger partial charge on any atom is -0.490 e. The predicted molar refractivity (Wildman–Crippen MR) is 117 cm³/mol. The van der Waals surface area contributed by atoms with E-state index in [4.69, 9.17) is 16.3 Å². The Labute approximate surface area is 181 Å². The lowest BCUT2D eigenvalue weighted by atomic mass is 9.96. The van der Waals surface area contributed by atoms with Crippen molar-refractivity contribution in [3.05, 3.63) is 70.0 Å². The molecule has 150 valence electrons. The van der Waals surface area contributed by atoms with Gasteiger partial charge in [0.05, 0.1) is 21.5 Å². The van der Waals surface area contributed by atoms with E-state index >= 15 is 0 Å². The average molecular weight is 449 g/mol. The van der Waals surface area contributed by atoms with Gasteiger partial charge < -0.3 is 14.8 Å². The van der Waals surface area contributed by atoms with Crippen molar-refractivity contribution in [2.75, 3.05) is 17.9 Å². The van der Waals surface area contributed by atoms with Crippen molar-refractivity contribution in [1.29, 1.82) is 0 Å². The molecule has 2 N–H and O–H groups in total. The summed E-state index contributed by atoms with van der Waals surface area (Å²) in [6, 6.07) is 6.82. The number of hydrogen-bond acceptors (Lipinski definition) is 7. The number of aromatic nitrogens is 2. The zero-order valence-electron chi connectivity index (χ0n) is 15.3. The third-order valence-corrected chi connectivity index (χ3v) is 6.10. The van der Waals surface area contributed by atoms with E-state index in [-0.39, 0.29) is 6.04 Å². The van der Waals surface area contributed by atoms with E-state index in [1.165, 1.54) is 17.4 Å². The minimum atomic E-state index is -0.404. The van der Waals surface area contributed by atoms with Crippen LogP contribution in [0.4, 0.5) is 10.2 Å². The van der Waals surface area contributed by atoms with Crippen LogP contribution in [0, 0.1) is 5.82 Å². The fraction of sp³-hybridized carbons (Fsp3) is 0.200. The molecule has 2 aromatic heterocycles. The quantitative estimate of drug-likeness (QED) is 0.480. The Morgan fingerprint density at radius 3 is 3.00 bits per heavy atom. The van der Waals surface area contributed by atoms with Crippen molar-refractivity contribution in [2.24, 2.45) is 0 Å². The molecule has 1 aliphatic heterocycles. The number of hydrogen-bond donors (Lipinski definition) is 2. The Kier molecular flexibility index (Phi) is 6.66. The third kappa shape index (κ3) is 5.08. The highest BCUT2D eigenvalue weighted by Gasteiger charge is 2.20. The van der Waals surface area contributed by atoms with Crippen LogP contribution in [0.15, 0.2) is 58.5 Å². The molecule has 0 saturated heterocycles. The van der Waals surface area contributed by atoms with Crippen molar-refractivity contribution in [3.8, 4) is 5.75 Å². The first kappa shape index (κ1) is 20.2. The molecule has 0 amide bonds. The largest absolute Gasteiger partial charge is 0.490 e. The molecule has 29 heavy (non-hydrogen) atoms. The molecule has 3 aromatic rings. The lowest BCUT2D eigenvalue weighted by molar-refractivity contribution is 0.287. The van der Waals surface area contributed by atoms with Crippen LogP contribution < -0.4 is 14.8 Å². The van der Waals surface area contributed by atoms with E-state index in [9.17, 15) is 4.39 Å². The first-order valence-electron chi connectivity index (χ1n) is 8.97. The van der Waals surface area contributed by atoms with Crippen LogP contribution in [0.2, 0.25) is 5.02 Å². The van der Waals surface area contributed by atoms with E-state index in [1.54, 1.807) is 24.0 Å². The third-order valence-electron chi connectivity index (χ3n) is 4.38. The summed E-state index contributed by atoms with van der Waals surface area (Å²) in [6.45, 7) is 1.21. The van der Waals surface area contributed by atoms with Crippen LogP contribution in [0.25, 0.3) is 5.57 Å². The molecule has 0 saturated carbocycles. The summed E-state index contributed by atoms with van der Waals surface area (Å²) < 4.78 is 23.4. The van der Waals surface area contributed by atoms with Gasteiger partial charge in [-0.05, 0) is 54.2 Å². The van der Waals surface area contributed by atoms with Gasteiger partial charge in [-0.2, -0.15) is 0 Å². The second-order valence-electron chi connectivity index (χ2n) is 6.29. The van der Waals surface area contributed by atoms with Gasteiger partial charge in [-0.25, -0.2) is 9.37 Å². The molecule has 0 fully saturated rings. The van der Waals surface area contributed by atoms with Gasteiger partial charge in [0.25, 0.3) is 0 Å². The molecule has 5 nitrogen and oxygen atoms in total. The van der Waals surface area contributed by atoms with Crippen LogP contribution in [-0.2, 0) is 0 Å². The molecule has 0 aliphatic carbocycles. The average Bonchev–Trinajstić information content (AvgIpc) is 3.27. The SMILES string of the molecule is Fc1cc(OCC2NCCC=C2c2ccncc2)c(Cl)cc1SNc1cscn1. The zero-order chi connectivity index (χ0) is 20.1. The number of rotatable bonds is 7. The standard InChI is InChI=1S/C20H18ClFN4OS2/c21-15-8-19(29-26-20-11-28-12-25-20)16(22)9-18(15)27-10-17-14(2-1-5-24-17)13-3-6-23-7-4-13/h2-4,6-9,11-12,17,24,26H,1,5,10H2. The summed E-state index contributed by atoms with van der Waals surface area (Å²) >= 11 is 8.93. The van der Waals surface area contributed by atoms with Crippen LogP contribution in [0.5, 0.6) is 5.75 Å². The maximum atomic E-state index is 14.5. The van der Waals surface area contributed by atoms with Crippen LogP contribution >= 0.6 is 34.9 Å². The fourth-order valence-corrected chi connectivity index (χ4v) is 4.49. The molecule has 1 unspecified atom stereocenters. The van der Waals surface area contributed by atoms with Crippen LogP contribution in [0.3, 0.4) is 0 Å². The highest BCUT2D eigenvalue weighted by Crippen LogP contribution is 2.33. The molecule has 9 heteroatoms. The highest BCUT2D eigenvalue weighted by atomic mass is 35.5. The molecule has 0 spiro atoms. The van der Waals surface area contributed by atoms with Gasteiger partial charge >= 0.3 is 0 Å². The summed E-state index contributed by atoms with van der Waals surface area (Å²) in [5.41, 5.74) is 3.95. The smallest absolute Gasteiger partial charge is 0.147 e. The maximum Gasteiger partial charge on any atom is 0.147 e. The summed E-state index contributed by atoms with van der Waals surface area (Å²) in [6.07, 6.45) is 6.68. The normalized spacial score (nSPS) is 16.3. The fourth-order valence-electron chi connectivity index (χ4n) is 2.99. The van der Waals surface area contributed by atoms with Gasteiger partial charge in [0.2, 0.25) is 0 Å². The second-order valence-corrected chi connectivity index (χ2v) is 8.27. The molecule has 0 bridgehead atoms. The zero-order valence-corrected chi connectivity index (χ0v) is 17.7. The van der Waals surface area contributed by atoms with Crippen molar-refractivity contribution in [1.82, 2.24) is 15.3 Å². The Morgan fingerprint density at radius 1 is 1.34 bits per heavy atom. The van der Waals surface area contributed by atoms with Crippen molar-refractivity contribution in [3.63, 3.8) is 0 Å². The summed E-state index contributed by atoms with van der Waals surface area (Å²) in [7, 11) is 0. The van der Waals surface area contributed by atoms with Gasteiger partial charge in [-0.15, -0.1) is 11.3 Å². The minimum absolute atomic E-state index is 0.00865. The van der Waals surface area contributed by atoms with Gasteiger partial charge in [-0.1, -0.05) is 17.7 Å². The first-order chi connectivity index (χ1) is 14.2. The molecular formula is C20H18ClFN4OS2. The van der Waals surface area contributed by atoms with Crippen molar-refractivity contribution in [2.45, 2.75) is 17.4 Å². The Hall–Kier alpha value is -2.13. The molecule has 4 rings (SSSR count). The predicted octanol–water partition coefficient (Wildman–Crippen LogP) is 5.27. The summed E-state index contributed by atoms with van der Waals surface area (Å²) in [4.78, 5) is 8.55. The Bertz CT molecular complexity index is 986. The van der Waals surface area contributed by atoms with E-state index in [0.29, 0.717) is 28.1 Å². The van der Waals surface area contributed by atoms with Gasteiger partial charge in [0.15, 0.2) is 0 Å². The number of pyridine rings is 1. The number of ether oxygens (including phenoxy) is 1. The van der Waals surface area contributed by atoms with E-state index in [2.05, 4.69) is 26.1 Å². The number of benzene rings is 1. The van der Waals surface area contributed by atoms with Crippen molar-refractivity contribution < 1.29 is 9.13 Å². The van der Waals surface area contributed by atoms with Gasteiger partial charge in [0.1, 0.15) is 24.0 Å². The lowest BCUT2D eigenvalue weighted by Crippen LogP contribution is -2.38. The Balaban J connectivity index is 1.43. The number of thiazole rings is 1. The number of nitrogens with one attached hydrogen (secondary N) is 2. The topological polar surface area (TPSA) is 59.1 Å². The van der Waals surface area contributed by atoms with E-state index in [1.807, 2.05) is 17.5 Å². The second kappa shape index (κ2) is 9.58. The Morgan fingerprint density at radius 2 is 2.21 bits per heavy atom. The van der Waals surface area contributed by atoms with Crippen LogP contribution in [0.1, 0.15) is 12.0 Å². The number of nitrogens with zero attached hydrogens (tertiary/aromatic N) is 2. The number of halogens is 2.